The van der Waals surface area contributed by atoms with E-state index in [2.05, 4.69) is 0 Å². The van der Waals surface area contributed by atoms with Crippen LogP contribution in [0.1, 0.15) is 12.8 Å². The van der Waals surface area contributed by atoms with Gasteiger partial charge in [0, 0.05) is 12.8 Å². The molecule has 0 spiro atoms. The number of carbonyl (C=O) groups is 2. The third-order valence-corrected chi connectivity index (χ3v) is 2.07. The first-order chi connectivity index (χ1) is 9.16. The molecule has 0 radical (unpaired) electrons. The maximum Gasteiger partial charge on any atom is 0.460 e. The molecule has 0 atom stereocenters. The summed E-state index contributed by atoms with van der Waals surface area (Å²) >= 11 is 0. The van der Waals surface area contributed by atoms with Gasteiger partial charge in [-0.25, -0.2) is 8.78 Å². The van der Waals surface area contributed by atoms with Gasteiger partial charge in [0.1, 0.15) is 0 Å². The molecule has 0 aromatic rings. The largest absolute Gasteiger partial charge is 0.460 e. The molecule has 21 heavy (non-hydrogen) atoms. The molecule has 1 heterocycles. The summed E-state index contributed by atoms with van der Waals surface area (Å²) in [7, 11) is 0. The molecule has 0 aromatic heterocycles. The zero-order valence-corrected chi connectivity index (χ0v) is 9.60. The SMILES string of the molecule is FC(F)C(F)(F)C(F)(F)C(F)(F)F.O=C1CCC(=O)N1O. The van der Waals surface area contributed by atoms with Crippen molar-refractivity contribution in [2.75, 3.05) is 0 Å². The van der Waals surface area contributed by atoms with Crippen LogP contribution in [0.4, 0.5) is 39.5 Å². The quantitative estimate of drug-likeness (QED) is 0.479. The van der Waals surface area contributed by atoms with Crippen LogP contribution in [-0.4, -0.2) is 46.5 Å². The van der Waals surface area contributed by atoms with Gasteiger partial charge < -0.3 is 0 Å². The van der Waals surface area contributed by atoms with E-state index in [0.29, 0.717) is 0 Å². The highest BCUT2D eigenvalue weighted by Crippen LogP contribution is 2.48. The number of hydrogen-bond acceptors (Lipinski definition) is 3. The first-order valence-corrected chi connectivity index (χ1v) is 4.81. The van der Waals surface area contributed by atoms with Crippen LogP contribution in [0.15, 0.2) is 0 Å². The Bertz CT molecular complexity index is 390. The van der Waals surface area contributed by atoms with Crippen molar-refractivity contribution in [3.05, 3.63) is 0 Å². The highest BCUT2D eigenvalue weighted by atomic mass is 19.4. The van der Waals surface area contributed by atoms with Gasteiger partial charge in [-0.15, -0.1) is 0 Å². The van der Waals surface area contributed by atoms with Crippen LogP contribution in [0.3, 0.4) is 0 Å². The average molecular weight is 335 g/mol. The molecular weight excluding hydrogens is 329 g/mol. The third-order valence-electron chi connectivity index (χ3n) is 2.07. The summed E-state index contributed by atoms with van der Waals surface area (Å²) in [6, 6.07) is 0. The molecule has 0 saturated carbocycles. The van der Waals surface area contributed by atoms with Crippen LogP contribution in [0.5, 0.6) is 0 Å². The minimum atomic E-state index is -6.73. The Morgan fingerprint density at radius 3 is 1.33 bits per heavy atom. The second-order valence-corrected chi connectivity index (χ2v) is 3.60. The Hall–Kier alpha value is -1.53. The lowest BCUT2D eigenvalue weighted by Crippen LogP contribution is -2.55. The molecule has 1 N–H and O–H groups in total. The van der Waals surface area contributed by atoms with Crippen LogP contribution in [0.2, 0.25) is 0 Å². The summed E-state index contributed by atoms with van der Waals surface area (Å²) in [5, 5.41) is 8.57. The topological polar surface area (TPSA) is 57.6 Å². The molecule has 0 unspecified atom stereocenters. The predicted octanol–water partition coefficient (Wildman–Crippen LogP) is 2.61. The highest BCUT2D eigenvalue weighted by Gasteiger charge is 2.76. The molecule has 2 amide bonds. The summed E-state index contributed by atoms with van der Waals surface area (Å²) in [6.07, 6.45) is -11.5. The Morgan fingerprint density at radius 1 is 0.905 bits per heavy atom. The fraction of sp³-hybridized carbons (Fsp3) is 0.750. The standard InChI is InChI=1S/C4HF9.C4H5NO3/c5-1(6)2(7,8)3(9,10)4(11,12)13;6-3-1-2-4(7)5(3)8/h1H;8H,1-2H2. The molecule has 1 fully saturated rings. The second kappa shape index (κ2) is 6.07. The van der Waals surface area contributed by atoms with Gasteiger partial charge in [-0.2, -0.15) is 35.8 Å². The lowest BCUT2D eigenvalue weighted by Gasteiger charge is -2.27. The Kier molecular flexibility index (Phi) is 5.63. The van der Waals surface area contributed by atoms with Crippen molar-refractivity contribution in [2.24, 2.45) is 0 Å². The van der Waals surface area contributed by atoms with Gasteiger partial charge in [-0.1, -0.05) is 0 Å². The summed E-state index contributed by atoms with van der Waals surface area (Å²) in [6.45, 7) is 0. The summed E-state index contributed by atoms with van der Waals surface area (Å²) in [4.78, 5) is 20.5. The van der Waals surface area contributed by atoms with Gasteiger partial charge in [0.2, 0.25) is 0 Å². The first kappa shape index (κ1) is 19.5. The van der Waals surface area contributed by atoms with Gasteiger partial charge >= 0.3 is 24.4 Å². The van der Waals surface area contributed by atoms with E-state index in [9.17, 15) is 49.1 Å². The van der Waals surface area contributed by atoms with Crippen LogP contribution < -0.4 is 0 Å². The lowest BCUT2D eigenvalue weighted by atomic mass is 10.2. The molecule has 1 aliphatic rings. The molecule has 0 aromatic carbocycles. The van der Waals surface area contributed by atoms with E-state index in [4.69, 9.17) is 5.21 Å². The van der Waals surface area contributed by atoms with Crippen LogP contribution in [0.25, 0.3) is 0 Å². The van der Waals surface area contributed by atoms with E-state index < -0.39 is 36.3 Å². The maximum atomic E-state index is 11.6. The van der Waals surface area contributed by atoms with Crippen molar-refractivity contribution in [1.29, 1.82) is 0 Å². The zero-order chi connectivity index (χ0) is 17.2. The molecule has 1 rings (SSSR count). The van der Waals surface area contributed by atoms with Crippen molar-refractivity contribution in [1.82, 2.24) is 5.06 Å². The Labute approximate surface area is 110 Å². The third kappa shape index (κ3) is 3.98. The van der Waals surface area contributed by atoms with E-state index in [1.807, 2.05) is 0 Å². The van der Waals surface area contributed by atoms with E-state index in [1.165, 1.54) is 0 Å². The van der Waals surface area contributed by atoms with Crippen molar-refractivity contribution in [3.8, 4) is 0 Å². The van der Waals surface area contributed by atoms with Gasteiger partial charge in [0.15, 0.2) is 0 Å². The number of nitrogens with zero attached hydrogens (tertiary/aromatic N) is 1. The van der Waals surface area contributed by atoms with E-state index >= 15 is 0 Å². The molecule has 1 saturated heterocycles. The number of carbonyl (C=O) groups excluding carboxylic acids is 2. The minimum absolute atomic E-state index is 0.148. The average Bonchev–Trinajstić information content (AvgIpc) is 2.59. The molecule has 4 nitrogen and oxygen atoms in total. The summed E-state index contributed by atoms with van der Waals surface area (Å²) < 4.78 is 102. The lowest BCUT2D eigenvalue weighted by molar-refractivity contribution is -0.375. The van der Waals surface area contributed by atoms with Crippen molar-refractivity contribution in [2.45, 2.75) is 37.3 Å². The fourth-order valence-corrected chi connectivity index (χ4v) is 0.891. The van der Waals surface area contributed by atoms with E-state index in [1.54, 1.807) is 0 Å². The van der Waals surface area contributed by atoms with Gasteiger partial charge in [0.25, 0.3) is 11.8 Å². The molecule has 13 heteroatoms. The Morgan fingerprint density at radius 2 is 1.24 bits per heavy atom. The van der Waals surface area contributed by atoms with Crippen LogP contribution in [-0.2, 0) is 9.59 Å². The number of imide groups is 1. The van der Waals surface area contributed by atoms with Crippen LogP contribution >= 0.6 is 0 Å². The second-order valence-electron chi connectivity index (χ2n) is 3.60. The van der Waals surface area contributed by atoms with Gasteiger partial charge in [-0.3, -0.25) is 14.8 Å². The van der Waals surface area contributed by atoms with Crippen molar-refractivity contribution < 1.29 is 54.3 Å². The van der Waals surface area contributed by atoms with Gasteiger partial charge in [0.05, 0.1) is 0 Å². The zero-order valence-electron chi connectivity index (χ0n) is 9.60. The van der Waals surface area contributed by atoms with Crippen LogP contribution in [0, 0.1) is 0 Å². The predicted molar refractivity (Wildman–Crippen MR) is 44.8 cm³/mol. The normalized spacial score (nSPS) is 17.2. The maximum absolute atomic E-state index is 11.6. The minimum Gasteiger partial charge on any atom is -0.279 e. The monoisotopic (exact) mass is 335 g/mol. The summed E-state index contributed by atoms with van der Waals surface area (Å²) in [5.74, 6) is -14.1. The van der Waals surface area contributed by atoms with Crippen molar-refractivity contribution >= 4 is 11.8 Å². The van der Waals surface area contributed by atoms with Gasteiger partial charge in [-0.05, 0) is 0 Å². The number of rotatable bonds is 2. The fourth-order valence-electron chi connectivity index (χ4n) is 0.891. The van der Waals surface area contributed by atoms with E-state index in [-0.39, 0.29) is 17.9 Å². The number of hydroxylamine groups is 2. The Balaban J connectivity index is 0.000000423. The van der Waals surface area contributed by atoms with Crippen molar-refractivity contribution in [3.63, 3.8) is 0 Å². The smallest absolute Gasteiger partial charge is 0.279 e. The molecule has 1 aliphatic heterocycles. The molecular formula is C8H6F9NO3. The summed E-state index contributed by atoms with van der Waals surface area (Å²) in [5.41, 5.74) is 0. The molecule has 0 bridgehead atoms. The molecule has 0 aliphatic carbocycles. The number of hydrogen-bond donors (Lipinski definition) is 1. The first-order valence-electron chi connectivity index (χ1n) is 4.81. The number of amides is 2. The number of alkyl halides is 9. The highest BCUT2D eigenvalue weighted by molar-refractivity contribution is 6.00. The number of halogens is 9. The molecule has 124 valence electrons. The van der Waals surface area contributed by atoms with E-state index in [0.717, 1.165) is 0 Å².